The van der Waals surface area contributed by atoms with E-state index in [2.05, 4.69) is 47.4 Å². The molecule has 0 aliphatic heterocycles. The van der Waals surface area contributed by atoms with Crippen LogP contribution in [0.3, 0.4) is 0 Å². The highest BCUT2D eigenvalue weighted by molar-refractivity contribution is 7.99. The summed E-state index contributed by atoms with van der Waals surface area (Å²) >= 11 is 3.74. The molecule has 2 aromatic heterocycles. The first-order valence-corrected chi connectivity index (χ1v) is 9.47. The highest BCUT2D eigenvalue weighted by Gasteiger charge is 2.12. The molecule has 0 bridgehead atoms. The van der Waals surface area contributed by atoms with Gasteiger partial charge in [0.2, 0.25) is 5.95 Å². The normalized spacial score (nSPS) is 12.6. The van der Waals surface area contributed by atoms with Gasteiger partial charge in [0.05, 0.1) is 5.39 Å². The number of fused-ring (bicyclic) bond motifs is 1. The zero-order chi connectivity index (χ0) is 15.2. The number of hydrogen-bond donors (Lipinski definition) is 2. The molecular weight excluding hydrogens is 300 g/mol. The van der Waals surface area contributed by atoms with E-state index in [1.54, 1.807) is 11.3 Å². The molecule has 6 heteroatoms. The first kappa shape index (κ1) is 16.4. The summed E-state index contributed by atoms with van der Waals surface area (Å²) in [5.41, 5.74) is 0. The van der Waals surface area contributed by atoms with E-state index in [1.165, 1.54) is 16.4 Å². The Kier molecular flexibility index (Phi) is 6.11. The smallest absolute Gasteiger partial charge is 0.225 e. The lowest BCUT2D eigenvalue weighted by atomic mass is 10.2. The van der Waals surface area contributed by atoms with Crippen LogP contribution in [0.5, 0.6) is 0 Å². The van der Waals surface area contributed by atoms with Gasteiger partial charge < -0.3 is 10.6 Å². The molecule has 116 valence electrons. The molecule has 2 rings (SSSR count). The number of hydrogen-bond acceptors (Lipinski definition) is 6. The molecule has 0 radical (unpaired) electrons. The van der Waals surface area contributed by atoms with Crippen LogP contribution in [0.1, 0.15) is 32.1 Å². The van der Waals surface area contributed by atoms with Gasteiger partial charge in [-0.15, -0.1) is 11.3 Å². The number of nitrogens with zero attached hydrogens (tertiary/aromatic N) is 2. The van der Waals surface area contributed by atoms with Crippen molar-refractivity contribution >= 4 is 45.1 Å². The highest BCUT2D eigenvalue weighted by atomic mass is 32.2. The van der Waals surface area contributed by atoms with Crippen LogP contribution in [0.15, 0.2) is 6.07 Å². The predicted octanol–water partition coefficient (Wildman–Crippen LogP) is 4.24. The average Bonchev–Trinajstić information content (AvgIpc) is 2.90. The van der Waals surface area contributed by atoms with Gasteiger partial charge in [-0.25, -0.2) is 4.98 Å². The van der Waals surface area contributed by atoms with Crippen molar-refractivity contribution in [3.63, 3.8) is 0 Å². The van der Waals surface area contributed by atoms with Gasteiger partial charge in [-0.05, 0) is 37.3 Å². The van der Waals surface area contributed by atoms with Crippen LogP contribution in [0, 0.1) is 0 Å². The van der Waals surface area contributed by atoms with E-state index in [0.717, 1.165) is 28.9 Å². The summed E-state index contributed by atoms with van der Waals surface area (Å²) in [5.74, 6) is 4.00. The number of nitrogens with one attached hydrogen (secondary N) is 2. The second-order valence-corrected chi connectivity index (χ2v) is 7.47. The third-order valence-corrected chi connectivity index (χ3v) is 5.40. The molecule has 0 aromatic carbocycles. The molecule has 1 atom stereocenters. The Morgan fingerprint density at radius 1 is 1.33 bits per heavy atom. The van der Waals surface area contributed by atoms with Crippen molar-refractivity contribution in [3.8, 4) is 0 Å². The van der Waals surface area contributed by atoms with E-state index in [-0.39, 0.29) is 0 Å². The van der Waals surface area contributed by atoms with Crippen LogP contribution < -0.4 is 10.6 Å². The molecule has 0 aliphatic rings. The fraction of sp³-hybridized carbons (Fsp3) is 0.600. The van der Waals surface area contributed by atoms with Crippen molar-refractivity contribution in [1.82, 2.24) is 9.97 Å². The molecule has 21 heavy (non-hydrogen) atoms. The first-order chi connectivity index (χ1) is 10.2. The summed E-state index contributed by atoms with van der Waals surface area (Å²) in [6.07, 6.45) is 2.18. The number of thiophene rings is 1. The van der Waals surface area contributed by atoms with Gasteiger partial charge in [0.15, 0.2) is 0 Å². The van der Waals surface area contributed by atoms with Gasteiger partial charge >= 0.3 is 0 Å². The minimum Gasteiger partial charge on any atom is -0.367 e. The summed E-state index contributed by atoms with van der Waals surface area (Å²) in [6.45, 7) is 6.60. The zero-order valence-corrected chi connectivity index (χ0v) is 14.8. The van der Waals surface area contributed by atoms with Crippen molar-refractivity contribution in [3.05, 3.63) is 10.9 Å². The Morgan fingerprint density at radius 2 is 2.14 bits per heavy atom. The minimum atomic E-state index is 0.414. The van der Waals surface area contributed by atoms with Crippen molar-refractivity contribution < 1.29 is 0 Å². The second kappa shape index (κ2) is 7.84. The van der Waals surface area contributed by atoms with Crippen LogP contribution in [-0.4, -0.2) is 34.6 Å². The first-order valence-electron chi connectivity index (χ1n) is 7.50. The maximum absolute atomic E-state index is 4.60. The lowest BCUT2D eigenvalue weighted by Crippen LogP contribution is -2.17. The monoisotopic (exact) mass is 324 g/mol. The molecule has 2 aromatic rings. The molecule has 2 heterocycles. The van der Waals surface area contributed by atoms with Gasteiger partial charge in [-0.1, -0.05) is 13.8 Å². The maximum Gasteiger partial charge on any atom is 0.225 e. The van der Waals surface area contributed by atoms with E-state index >= 15 is 0 Å². The summed E-state index contributed by atoms with van der Waals surface area (Å²) in [5, 5.41) is 7.76. The molecule has 0 saturated carbocycles. The standard InChI is InChI=1S/C15H24N4S2/c1-5-11-9-12-13(17-10(3)7-8-20-6-2)18-15(16-4)19-14(12)21-11/h9-10H,5-8H2,1-4H3,(H2,16,17,18,19). The van der Waals surface area contributed by atoms with Gasteiger partial charge in [-0.3, -0.25) is 0 Å². The largest absolute Gasteiger partial charge is 0.367 e. The third-order valence-electron chi connectivity index (χ3n) is 3.30. The van der Waals surface area contributed by atoms with E-state index in [0.29, 0.717) is 12.0 Å². The van der Waals surface area contributed by atoms with Crippen LogP contribution in [0.4, 0.5) is 11.8 Å². The molecular formula is C15H24N4S2. The van der Waals surface area contributed by atoms with Crippen LogP contribution >= 0.6 is 23.1 Å². The van der Waals surface area contributed by atoms with E-state index in [1.807, 2.05) is 18.8 Å². The predicted molar refractivity (Wildman–Crippen MR) is 97.0 cm³/mol. The maximum atomic E-state index is 4.60. The fourth-order valence-electron chi connectivity index (χ4n) is 2.08. The number of aromatic nitrogens is 2. The second-order valence-electron chi connectivity index (χ2n) is 4.96. The topological polar surface area (TPSA) is 49.8 Å². The Balaban J connectivity index is 2.22. The number of aryl methyl sites for hydroxylation is 1. The molecule has 1 unspecified atom stereocenters. The molecule has 0 fully saturated rings. The Bertz CT molecular complexity index is 582. The highest BCUT2D eigenvalue weighted by Crippen LogP contribution is 2.30. The Hall–Kier alpha value is -1.01. The van der Waals surface area contributed by atoms with Crippen LogP contribution in [0.2, 0.25) is 0 Å². The van der Waals surface area contributed by atoms with Crippen molar-refractivity contribution in [2.45, 2.75) is 39.7 Å². The van der Waals surface area contributed by atoms with E-state index in [4.69, 9.17) is 0 Å². The summed E-state index contributed by atoms with van der Waals surface area (Å²) in [7, 11) is 1.86. The molecule has 0 aliphatic carbocycles. The molecule has 0 saturated heterocycles. The van der Waals surface area contributed by atoms with Crippen molar-refractivity contribution in [2.75, 3.05) is 29.2 Å². The summed E-state index contributed by atoms with van der Waals surface area (Å²) in [6, 6.07) is 2.63. The molecule has 4 nitrogen and oxygen atoms in total. The zero-order valence-electron chi connectivity index (χ0n) is 13.2. The van der Waals surface area contributed by atoms with E-state index in [9.17, 15) is 0 Å². The van der Waals surface area contributed by atoms with Crippen LogP contribution in [0.25, 0.3) is 10.2 Å². The number of anilines is 2. The number of thioether (sulfide) groups is 1. The van der Waals surface area contributed by atoms with Gasteiger partial charge in [0.25, 0.3) is 0 Å². The molecule has 0 spiro atoms. The Morgan fingerprint density at radius 3 is 2.81 bits per heavy atom. The van der Waals surface area contributed by atoms with E-state index < -0.39 is 0 Å². The summed E-state index contributed by atoms with van der Waals surface area (Å²) in [4.78, 5) is 11.6. The van der Waals surface area contributed by atoms with Gasteiger partial charge in [-0.2, -0.15) is 16.7 Å². The molecule has 2 N–H and O–H groups in total. The Labute approximate surface area is 135 Å². The van der Waals surface area contributed by atoms with Gasteiger partial charge in [0.1, 0.15) is 10.6 Å². The average molecular weight is 325 g/mol. The quantitative estimate of drug-likeness (QED) is 0.711. The van der Waals surface area contributed by atoms with Gasteiger partial charge in [0, 0.05) is 18.0 Å². The fourth-order valence-corrected chi connectivity index (χ4v) is 3.85. The lowest BCUT2D eigenvalue weighted by Gasteiger charge is -2.15. The van der Waals surface area contributed by atoms with Crippen LogP contribution in [-0.2, 0) is 6.42 Å². The number of rotatable bonds is 8. The SMILES string of the molecule is CCSCCC(C)Nc1nc(NC)nc2sc(CC)cc12. The lowest BCUT2D eigenvalue weighted by molar-refractivity contribution is 0.768. The minimum absolute atomic E-state index is 0.414. The molecule has 0 amide bonds. The van der Waals surface area contributed by atoms with Crippen molar-refractivity contribution in [1.29, 1.82) is 0 Å². The third kappa shape index (κ3) is 4.23. The summed E-state index contributed by atoms with van der Waals surface area (Å²) < 4.78 is 0. The van der Waals surface area contributed by atoms with Crippen molar-refractivity contribution in [2.24, 2.45) is 0 Å².